The van der Waals surface area contributed by atoms with E-state index in [9.17, 15) is 0 Å². The third-order valence-corrected chi connectivity index (χ3v) is 7.80. The highest BCUT2D eigenvalue weighted by atomic mass is 79.9. The van der Waals surface area contributed by atoms with Gasteiger partial charge < -0.3 is 0 Å². The molecule has 35 heavy (non-hydrogen) atoms. The first-order chi connectivity index (χ1) is 17.2. The smallest absolute Gasteiger partial charge is 0.0711 e. The summed E-state index contributed by atoms with van der Waals surface area (Å²) in [7, 11) is 0. The summed E-state index contributed by atoms with van der Waals surface area (Å²) in [5.41, 5.74) is 7.15. The minimum atomic E-state index is -0.448. The van der Waals surface area contributed by atoms with E-state index < -0.39 is 5.41 Å². The van der Waals surface area contributed by atoms with Crippen LogP contribution in [-0.4, -0.2) is 0 Å². The molecule has 0 aromatic heterocycles. The maximum Gasteiger partial charge on any atom is 0.0711 e. The average Bonchev–Trinajstić information content (AvgIpc) is 3.17. The van der Waals surface area contributed by atoms with Crippen molar-refractivity contribution in [1.29, 1.82) is 0 Å². The van der Waals surface area contributed by atoms with Gasteiger partial charge in [0, 0.05) is 4.47 Å². The highest BCUT2D eigenvalue weighted by molar-refractivity contribution is 9.10. The van der Waals surface area contributed by atoms with Crippen LogP contribution in [-0.2, 0) is 5.41 Å². The summed E-state index contributed by atoms with van der Waals surface area (Å²) in [6, 6.07) is 37.8. The van der Waals surface area contributed by atoms with Gasteiger partial charge in [-0.2, -0.15) is 0 Å². The molecule has 0 N–H and O–H groups in total. The van der Waals surface area contributed by atoms with E-state index in [0.29, 0.717) is 0 Å². The second kappa shape index (κ2) is 8.52. The first-order valence-electron chi connectivity index (χ1n) is 12.0. The van der Waals surface area contributed by atoms with Gasteiger partial charge >= 0.3 is 0 Å². The predicted octanol–water partition coefficient (Wildman–Crippen LogP) is 9.62. The quantitative estimate of drug-likeness (QED) is 0.225. The maximum atomic E-state index is 4.05. The highest BCUT2D eigenvalue weighted by Gasteiger charge is 2.48. The fourth-order valence-electron chi connectivity index (χ4n) is 5.86. The topological polar surface area (TPSA) is 0 Å². The number of fused-ring (bicyclic) bond motifs is 3. The molecular formula is C34H25Br. The Balaban J connectivity index is 1.79. The monoisotopic (exact) mass is 512 g/mol. The number of halogens is 1. The van der Waals surface area contributed by atoms with Gasteiger partial charge in [0.25, 0.3) is 0 Å². The van der Waals surface area contributed by atoms with Crippen LogP contribution < -0.4 is 0 Å². The molecule has 0 atom stereocenters. The van der Waals surface area contributed by atoms with Gasteiger partial charge in [0.15, 0.2) is 0 Å². The summed E-state index contributed by atoms with van der Waals surface area (Å²) in [6.07, 6.45) is 6.35. The minimum Gasteiger partial charge on any atom is -0.0990 e. The molecule has 0 saturated carbocycles. The second-order valence-corrected chi connectivity index (χ2v) is 10.00. The van der Waals surface area contributed by atoms with Crippen molar-refractivity contribution in [3.05, 3.63) is 160 Å². The first kappa shape index (κ1) is 21.8. The molecular weight excluding hydrogens is 488 g/mol. The van der Waals surface area contributed by atoms with Crippen LogP contribution in [0.3, 0.4) is 0 Å². The van der Waals surface area contributed by atoms with E-state index in [4.69, 9.17) is 0 Å². The van der Waals surface area contributed by atoms with E-state index in [1.54, 1.807) is 0 Å². The lowest BCUT2D eigenvalue weighted by molar-refractivity contribution is 0.770. The van der Waals surface area contributed by atoms with Crippen molar-refractivity contribution in [2.24, 2.45) is 0 Å². The number of hydrogen-bond donors (Lipinski definition) is 0. The summed E-state index contributed by atoms with van der Waals surface area (Å²) in [6.45, 7) is 6.20. The normalized spacial score (nSPS) is 16.7. The Morgan fingerprint density at radius 3 is 1.80 bits per heavy atom. The van der Waals surface area contributed by atoms with Gasteiger partial charge in [-0.3, -0.25) is 0 Å². The third kappa shape index (κ3) is 3.26. The van der Waals surface area contributed by atoms with Crippen molar-refractivity contribution < 1.29 is 0 Å². The van der Waals surface area contributed by atoms with Crippen molar-refractivity contribution >= 4 is 43.0 Å². The molecule has 0 spiro atoms. The minimum absolute atomic E-state index is 0.448. The molecule has 1 aliphatic carbocycles. The van der Waals surface area contributed by atoms with E-state index in [1.165, 1.54) is 54.9 Å². The number of benzene rings is 5. The Bertz CT molecular complexity index is 1600. The summed E-state index contributed by atoms with van der Waals surface area (Å²) < 4.78 is 1.08. The second-order valence-electron chi connectivity index (χ2n) is 9.08. The molecule has 0 bridgehead atoms. The largest absolute Gasteiger partial charge is 0.0990 e. The summed E-state index contributed by atoms with van der Waals surface area (Å²) in [5, 5.41) is 5.00. The van der Waals surface area contributed by atoms with Crippen LogP contribution >= 0.6 is 15.9 Å². The molecule has 5 aromatic rings. The summed E-state index contributed by atoms with van der Waals surface area (Å²) >= 11 is 3.78. The molecule has 5 aromatic carbocycles. The summed E-state index contributed by atoms with van der Waals surface area (Å²) in [5.74, 6) is 0. The zero-order valence-electron chi connectivity index (χ0n) is 19.6. The van der Waals surface area contributed by atoms with Crippen molar-refractivity contribution in [2.45, 2.75) is 12.3 Å². The molecule has 0 unspecified atom stereocenters. The van der Waals surface area contributed by atoms with E-state index in [-0.39, 0.29) is 0 Å². The van der Waals surface area contributed by atoms with Crippen LogP contribution in [0.4, 0.5) is 0 Å². The molecule has 0 radical (unpaired) electrons. The SMILES string of the molecule is C=CC=C1/C(=C\C)C(c2ccc3ccccc3c2)(c2ccc3ccccc3c2)c2cc(Br)ccc21. The Morgan fingerprint density at radius 1 is 0.686 bits per heavy atom. The fraction of sp³-hybridized carbons (Fsp3) is 0.0588. The molecule has 1 heteroatoms. The van der Waals surface area contributed by atoms with Crippen LogP contribution in [0, 0.1) is 0 Å². The molecule has 0 heterocycles. The van der Waals surface area contributed by atoms with Crippen LogP contribution in [0.2, 0.25) is 0 Å². The molecule has 0 nitrogen and oxygen atoms in total. The van der Waals surface area contributed by atoms with Gasteiger partial charge in [-0.15, -0.1) is 0 Å². The van der Waals surface area contributed by atoms with Gasteiger partial charge in [0.1, 0.15) is 0 Å². The van der Waals surface area contributed by atoms with Crippen LogP contribution in [0.1, 0.15) is 29.2 Å². The maximum absolute atomic E-state index is 4.05. The number of rotatable bonds is 3. The number of hydrogen-bond acceptors (Lipinski definition) is 0. The Hall–Kier alpha value is -3.68. The van der Waals surface area contributed by atoms with E-state index in [1.807, 2.05) is 6.08 Å². The molecule has 0 aliphatic heterocycles. The lowest BCUT2D eigenvalue weighted by atomic mass is 9.67. The standard InChI is InChI=1S/C34H25Br/c1-3-9-30-31-19-18-29(35)22-33(31)34(32(30)4-2,27-16-14-23-10-5-7-12-25(23)20-27)28-17-15-24-11-6-8-13-26(24)21-28/h3-22H,1H2,2H3/b30-9?,32-4+. The lowest BCUT2D eigenvalue weighted by Crippen LogP contribution is -2.28. The van der Waals surface area contributed by atoms with Crippen molar-refractivity contribution in [2.75, 3.05) is 0 Å². The molecule has 168 valence electrons. The van der Waals surface area contributed by atoms with Gasteiger partial charge in [0.05, 0.1) is 5.41 Å². The molecule has 0 saturated heterocycles. The van der Waals surface area contributed by atoms with Crippen LogP contribution in [0.25, 0.3) is 27.1 Å². The molecule has 0 amide bonds. The lowest BCUT2D eigenvalue weighted by Gasteiger charge is -2.35. The fourth-order valence-corrected chi connectivity index (χ4v) is 6.22. The molecule has 1 aliphatic rings. The van der Waals surface area contributed by atoms with Crippen molar-refractivity contribution in [3.63, 3.8) is 0 Å². The summed E-state index contributed by atoms with van der Waals surface area (Å²) in [4.78, 5) is 0. The third-order valence-electron chi connectivity index (χ3n) is 7.31. The predicted molar refractivity (Wildman–Crippen MR) is 154 cm³/mol. The van der Waals surface area contributed by atoms with E-state index >= 15 is 0 Å². The van der Waals surface area contributed by atoms with E-state index in [2.05, 4.69) is 145 Å². The Labute approximate surface area is 215 Å². The van der Waals surface area contributed by atoms with Gasteiger partial charge in [-0.25, -0.2) is 0 Å². The average molecular weight is 513 g/mol. The zero-order chi connectivity index (χ0) is 24.0. The first-order valence-corrected chi connectivity index (χ1v) is 12.7. The van der Waals surface area contributed by atoms with Crippen molar-refractivity contribution in [1.82, 2.24) is 0 Å². The Kier molecular flexibility index (Phi) is 5.31. The van der Waals surface area contributed by atoms with E-state index in [0.717, 1.165) is 4.47 Å². The Morgan fingerprint density at radius 2 is 1.26 bits per heavy atom. The van der Waals surface area contributed by atoms with Crippen molar-refractivity contribution in [3.8, 4) is 0 Å². The van der Waals surface area contributed by atoms with Gasteiger partial charge in [-0.1, -0.05) is 120 Å². The van der Waals surface area contributed by atoms with Crippen LogP contribution in [0.15, 0.2) is 138 Å². The van der Waals surface area contributed by atoms with Gasteiger partial charge in [0.2, 0.25) is 0 Å². The molecule has 0 fully saturated rings. The number of allylic oxidation sites excluding steroid dienone is 5. The highest BCUT2D eigenvalue weighted by Crippen LogP contribution is 2.58. The zero-order valence-corrected chi connectivity index (χ0v) is 21.2. The van der Waals surface area contributed by atoms with Crippen LogP contribution in [0.5, 0.6) is 0 Å². The van der Waals surface area contributed by atoms with Gasteiger partial charge in [-0.05, 0) is 86.1 Å². The molecule has 6 rings (SSSR count).